The lowest BCUT2D eigenvalue weighted by molar-refractivity contribution is -0.154. The summed E-state index contributed by atoms with van der Waals surface area (Å²) in [6.45, 7) is 14.6. The van der Waals surface area contributed by atoms with Crippen LogP contribution in [0.4, 0.5) is 0 Å². The third-order valence-corrected chi connectivity index (χ3v) is 8.97. The third-order valence-electron chi connectivity index (χ3n) is 8.97. The van der Waals surface area contributed by atoms with Crippen molar-refractivity contribution >= 4 is 17.7 Å². The minimum absolute atomic E-state index is 0.0973. The van der Waals surface area contributed by atoms with Crippen LogP contribution in [0.25, 0.3) is 0 Å². The summed E-state index contributed by atoms with van der Waals surface area (Å²) in [7, 11) is 1.72. The van der Waals surface area contributed by atoms with Crippen LogP contribution in [0.15, 0.2) is 25.3 Å². The Bertz CT molecular complexity index is 923. The molecule has 4 saturated heterocycles. The highest BCUT2D eigenvalue weighted by atomic mass is 16.5. The number of hydrogen-bond donors (Lipinski definition) is 1. The van der Waals surface area contributed by atoms with Crippen LogP contribution in [-0.2, 0) is 23.9 Å². The predicted molar refractivity (Wildman–Crippen MR) is 142 cm³/mol. The Morgan fingerprint density at radius 3 is 2.47 bits per heavy atom. The van der Waals surface area contributed by atoms with Crippen LogP contribution >= 0.6 is 0 Å². The van der Waals surface area contributed by atoms with Gasteiger partial charge in [0.05, 0.1) is 30.7 Å². The van der Waals surface area contributed by atoms with Gasteiger partial charge in [-0.2, -0.15) is 0 Å². The predicted octanol–water partition coefficient (Wildman–Crippen LogP) is 0.515. The Labute approximate surface area is 226 Å². The van der Waals surface area contributed by atoms with Crippen LogP contribution in [0.5, 0.6) is 0 Å². The average molecular weight is 533 g/mol. The van der Waals surface area contributed by atoms with Crippen LogP contribution in [0.2, 0.25) is 0 Å². The third kappa shape index (κ3) is 4.80. The molecule has 4 aliphatic heterocycles. The number of hydrogen-bond acceptors (Lipinski definition) is 7. The second-order valence-electron chi connectivity index (χ2n) is 11.0. The smallest absolute Gasteiger partial charge is 0.248 e. The lowest BCUT2D eigenvalue weighted by Gasteiger charge is -2.37. The maximum atomic E-state index is 14.3. The van der Waals surface area contributed by atoms with Gasteiger partial charge in [-0.1, -0.05) is 19.1 Å². The zero-order valence-electron chi connectivity index (χ0n) is 23.0. The monoisotopic (exact) mass is 532 g/mol. The van der Waals surface area contributed by atoms with Gasteiger partial charge in [0.2, 0.25) is 17.7 Å². The minimum atomic E-state index is -1.06. The topological polar surface area (TPSA) is 103 Å². The van der Waals surface area contributed by atoms with E-state index < -0.39 is 29.1 Å². The molecular formula is C28H44N4O6. The van der Waals surface area contributed by atoms with E-state index in [0.717, 1.165) is 13.1 Å². The first kappa shape index (κ1) is 28.7. The van der Waals surface area contributed by atoms with Crippen LogP contribution in [0, 0.1) is 11.8 Å². The van der Waals surface area contributed by atoms with Crippen molar-refractivity contribution in [2.45, 2.75) is 49.9 Å². The molecular weight excluding hydrogens is 488 g/mol. The molecule has 1 spiro atoms. The number of aliphatic hydroxyl groups is 1. The van der Waals surface area contributed by atoms with Gasteiger partial charge in [-0.25, -0.2) is 0 Å². The summed E-state index contributed by atoms with van der Waals surface area (Å²) in [6, 6.07) is -0.841. The fourth-order valence-corrected chi connectivity index (χ4v) is 7.08. The molecule has 0 aromatic heterocycles. The van der Waals surface area contributed by atoms with Crippen molar-refractivity contribution in [2.24, 2.45) is 11.8 Å². The van der Waals surface area contributed by atoms with E-state index >= 15 is 0 Å². The molecule has 0 saturated carbocycles. The molecule has 2 bridgehead atoms. The van der Waals surface area contributed by atoms with Crippen molar-refractivity contribution in [3.63, 3.8) is 0 Å². The van der Waals surface area contributed by atoms with Gasteiger partial charge in [-0.05, 0) is 25.7 Å². The number of likely N-dealkylation sites (N-methyl/N-ethyl adjacent to an activating group) is 1. The van der Waals surface area contributed by atoms with Crippen LogP contribution in [0.1, 0.15) is 32.6 Å². The molecule has 4 rings (SSSR count). The summed E-state index contributed by atoms with van der Waals surface area (Å²) in [4.78, 5) is 49.4. The number of carbonyl (C=O) groups is 3. The number of likely N-dealkylation sites (tertiary alicyclic amines) is 1. The summed E-state index contributed by atoms with van der Waals surface area (Å²) in [5.74, 6) is -1.92. The molecule has 3 amide bonds. The molecule has 4 fully saturated rings. The minimum Gasteiger partial charge on any atom is -0.396 e. The molecule has 38 heavy (non-hydrogen) atoms. The molecule has 10 nitrogen and oxygen atoms in total. The molecule has 0 aromatic rings. The Morgan fingerprint density at radius 1 is 1.13 bits per heavy atom. The van der Waals surface area contributed by atoms with E-state index in [1.165, 1.54) is 0 Å². The van der Waals surface area contributed by atoms with Crippen molar-refractivity contribution in [2.75, 3.05) is 72.7 Å². The van der Waals surface area contributed by atoms with Crippen molar-refractivity contribution in [1.29, 1.82) is 0 Å². The van der Waals surface area contributed by atoms with Crippen molar-refractivity contribution in [1.82, 2.24) is 19.6 Å². The van der Waals surface area contributed by atoms with Gasteiger partial charge < -0.3 is 29.3 Å². The summed E-state index contributed by atoms with van der Waals surface area (Å²) < 4.78 is 12.3. The molecule has 1 N–H and O–H groups in total. The molecule has 0 aromatic carbocycles. The number of rotatable bonds is 13. The normalized spacial score (nSPS) is 32.3. The second kappa shape index (κ2) is 11.9. The van der Waals surface area contributed by atoms with Crippen molar-refractivity contribution in [3.05, 3.63) is 25.3 Å². The fraction of sp³-hybridized carbons (Fsp3) is 0.750. The molecule has 0 aliphatic carbocycles. The molecule has 10 heteroatoms. The van der Waals surface area contributed by atoms with Gasteiger partial charge in [0.15, 0.2) is 0 Å². The number of nitrogens with zero attached hydrogens (tertiary/aromatic N) is 4. The standard InChI is InChI=1S/C28H44N4O6/c1-5-11-29(4)24(34)21-22-25(35)32(13-8-18-33)23(28(22)10-9-27(21,7-3)38-28)26(36)31(12-6-2)15-14-30-16-19-37-20-17-30/h5-6,21-23,33H,1-2,7-20H2,3-4H3/t21-,22-,23?,27+,28?/m0/s1. The summed E-state index contributed by atoms with van der Waals surface area (Å²) in [5.41, 5.74) is -1.83. The number of carbonyl (C=O) groups excluding carboxylic acids is 3. The molecule has 4 aliphatic rings. The van der Waals surface area contributed by atoms with E-state index in [0.29, 0.717) is 65.1 Å². The number of amides is 3. The summed E-state index contributed by atoms with van der Waals surface area (Å²) >= 11 is 0. The summed E-state index contributed by atoms with van der Waals surface area (Å²) in [5, 5.41) is 9.58. The lowest BCUT2D eigenvalue weighted by atomic mass is 9.64. The first-order chi connectivity index (χ1) is 18.3. The van der Waals surface area contributed by atoms with E-state index in [1.807, 2.05) is 6.92 Å². The maximum Gasteiger partial charge on any atom is 0.248 e. The molecule has 4 heterocycles. The Kier molecular flexibility index (Phi) is 8.96. The fourth-order valence-electron chi connectivity index (χ4n) is 7.08. The SMILES string of the molecule is C=CCN(C)C(=O)[C@@H]1[C@H]2C(=O)N(CCCO)C(C(=O)N(CC=C)CCN3CCOCC3)C23CC[C@@]1(CC)O3. The first-order valence-electron chi connectivity index (χ1n) is 14.0. The van der Waals surface area contributed by atoms with Gasteiger partial charge in [0.1, 0.15) is 11.6 Å². The second-order valence-corrected chi connectivity index (χ2v) is 11.0. The quantitative estimate of drug-likeness (QED) is 0.345. The van der Waals surface area contributed by atoms with Crippen LogP contribution < -0.4 is 0 Å². The zero-order chi connectivity index (χ0) is 27.5. The molecule has 2 unspecified atom stereocenters. The number of fused-ring (bicyclic) bond motifs is 1. The van der Waals surface area contributed by atoms with E-state index in [4.69, 9.17) is 9.47 Å². The molecule has 212 valence electrons. The van der Waals surface area contributed by atoms with E-state index in [2.05, 4.69) is 18.1 Å². The maximum absolute atomic E-state index is 14.3. The van der Waals surface area contributed by atoms with Crippen LogP contribution in [-0.4, -0.2) is 132 Å². The van der Waals surface area contributed by atoms with Gasteiger partial charge in [-0.15, -0.1) is 13.2 Å². The molecule has 0 radical (unpaired) electrons. The van der Waals surface area contributed by atoms with Gasteiger partial charge >= 0.3 is 0 Å². The highest BCUT2D eigenvalue weighted by Crippen LogP contribution is 2.64. The average Bonchev–Trinajstić information content (AvgIpc) is 3.53. The molecule has 5 atom stereocenters. The zero-order valence-corrected chi connectivity index (χ0v) is 23.0. The van der Waals surface area contributed by atoms with Crippen molar-refractivity contribution in [3.8, 4) is 0 Å². The van der Waals surface area contributed by atoms with Crippen LogP contribution in [0.3, 0.4) is 0 Å². The Morgan fingerprint density at radius 2 is 1.84 bits per heavy atom. The van der Waals surface area contributed by atoms with Gasteiger partial charge in [-0.3, -0.25) is 19.3 Å². The highest BCUT2D eigenvalue weighted by Gasteiger charge is 2.78. The van der Waals surface area contributed by atoms with Crippen molar-refractivity contribution < 1.29 is 29.0 Å². The van der Waals surface area contributed by atoms with E-state index in [-0.39, 0.29) is 30.9 Å². The first-order valence-corrected chi connectivity index (χ1v) is 14.0. The Hall–Kier alpha value is -2.27. The van der Waals surface area contributed by atoms with E-state index in [9.17, 15) is 19.5 Å². The summed E-state index contributed by atoms with van der Waals surface area (Å²) in [6.07, 6.45) is 5.47. The highest BCUT2D eigenvalue weighted by molar-refractivity contribution is 5.99. The van der Waals surface area contributed by atoms with E-state index in [1.54, 1.807) is 33.9 Å². The largest absolute Gasteiger partial charge is 0.396 e. The van der Waals surface area contributed by atoms with Gasteiger partial charge in [0, 0.05) is 59.5 Å². The number of morpholine rings is 1. The lowest BCUT2D eigenvalue weighted by Crippen LogP contribution is -2.57. The number of aliphatic hydroxyl groups excluding tert-OH is 1. The Balaban J connectivity index is 1.68. The van der Waals surface area contributed by atoms with Gasteiger partial charge in [0.25, 0.3) is 0 Å². The number of ether oxygens (including phenoxy) is 2.